The molecule has 0 aromatic carbocycles. The van der Waals surface area contributed by atoms with E-state index >= 15 is 0 Å². The highest BCUT2D eigenvalue weighted by Crippen LogP contribution is 2.29. The Hall–Kier alpha value is -0.120. The molecule has 0 bridgehead atoms. The van der Waals surface area contributed by atoms with Crippen LogP contribution < -0.4 is 5.73 Å². The van der Waals surface area contributed by atoms with Gasteiger partial charge in [0.1, 0.15) is 0 Å². The Labute approximate surface area is 130 Å². The topological polar surface area (TPSA) is 44.5 Å². The van der Waals surface area contributed by atoms with E-state index in [-0.39, 0.29) is 12.1 Å². The molecule has 2 aliphatic rings. The molecule has 2 N–H and O–H groups in total. The Morgan fingerprint density at radius 3 is 2.33 bits per heavy atom. The molecule has 3 unspecified atom stereocenters. The van der Waals surface area contributed by atoms with Crippen LogP contribution in [-0.4, -0.2) is 31.5 Å². The molecule has 3 nitrogen and oxygen atoms in total. The number of rotatable bonds is 6. The predicted octanol–water partition coefficient (Wildman–Crippen LogP) is 3.89. The van der Waals surface area contributed by atoms with Crippen molar-refractivity contribution in [2.75, 3.05) is 13.2 Å². The molecule has 3 atom stereocenters. The minimum Gasteiger partial charge on any atom is -0.378 e. The Morgan fingerprint density at radius 1 is 0.905 bits per heavy atom. The number of ether oxygens (including phenoxy) is 2. The smallest absolute Gasteiger partial charge is 0.0727 e. The third-order valence-corrected chi connectivity index (χ3v) is 5.31. The van der Waals surface area contributed by atoms with Crippen LogP contribution in [0.4, 0.5) is 0 Å². The van der Waals surface area contributed by atoms with Gasteiger partial charge in [-0.3, -0.25) is 0 Å². The molecule has 3 heteroatoms. The van der Waals surface area contributed by atoms with E-state index in [2.05, 4.69) is 13.8 Å². The first kappa shape index (κ1) is 17.2. The van der Waals surface area contributed by atoms with E-state index in [0.717, 1.165) is 57.2 Å². The first-order valence-electron chi connectivity index (χ1n) is 9.17. The van der Waals surface area contributed by atoms with Crippen LogP contribution in [0, 0.1) is 11.8 Å². The molecule has 0 aromatic rings. The summed E-state index contributed by atoms with van der Waals surface area (Å²) in [5.41, 5.74) is 6.33. The van der Waals surface area contributed by atoms with E-state index in [1.54, 1.807) is 0 Å². The van der Waals surface area contributed by atoms with Gasteiger partial charge in [0.05, 0.1) is 12.2 Å². The molecule has 0 saturated heterocycles. The molecule has 2 rings (SSSR count). The highest BCUT2D eigenvalue weighted by molar-refractivity contribution is 4.81. The summed E-state index contributed by atoms with van der Waals surface area (Å²) in [7, 11) is 0. The van der Waals surface area contributed by atoms with Crippen LogP contribution in [0.25, 0.3) is 0 Å². The van der Waals surface area contributed by atoms with Gasteiger partial charge in [-0.05, 0) is 56.8 Å². The zero-order valence-electron chi connectivity index (χ0n) is 14.1. The second-order valence-electron chi connectivity index (χ2n) is 7.31. The summed E-state index contributed by atoms with van der Waals surface area (Å²) in [4.78, 5) is 0. The van der Waals surface area contributed by atoms with Crippen LogP contribution in [0.1, 0.15) is 71.6 Å². The van der Waals surface area contributed by atoms with E-state index in [0.29, 0.717) is 6.10 Å². The average molecular weight is 297 g/mol. The first-order valence-corrected chi connectivity index (χ1v) is 9.17. The van der Waals surface area contributed by atoms with Gasteiger partial charge in [0.2, 0.25) is 0 Å². The third kappa shape index (κ3) is 5.88. The van der Waals surface area contributed by atoms with Gasteiger partial charge < -0.3 is 15.2 Å². The highest BCUT2D eigenvalue weighted by atomic mass is 16.5. The minimum atomic E-state index is 0.197. The van der Waals surface area contributed by atoms with E-state index < -0.39 is 0 Å². The molecular formula is C18H35NO2. The van der Waals surface area contributed by atoms with Gasteiger partial charge in [-0.1, -0.05) is 26.7 Å². The van der Waals surface area contributed by atoms with E-state index in [9.17, 15) is 0 Å². The van der Waals surface area contributed by atoms with Gasteiger partial charge in [0.15, 0.2) is 0 Å². The van der Waals surface area contributed by atoms with Crippen molar-refractivity contribution >= 4 is 0 Å². The third-order valence-electron chi connectivity index (χ3n) is 5.31. The van der Waals surface area contributed by atoms with Crippen molar-refractivity contribution in [3.05, 3.63) is 0 Å². The quantitative estimate of drug-likeness (QED) is 0.756. The van der Waals surface area contributed by atoms with Crippen LogP contribution in [0.15, 0.2) is 0 Å². The SMILES string of the molecule is CCCOC1CCC(N)C(OCC2CCC(C)CC2)CC1. The van der Waals surface area contributed by atoms with Crippen LogP contribution in [-0.2, 0) is 9.47 Å². The molecule has 0 heterocycles. The number of hydrogen-bond acceptors (Lipinski definition) is 3. The monoisotopic (exact) mass is 297 g/mol. The second kappa shape index (κ2) is 9.12. The maximum Gasteiger partial charge on any atom is 0.0727 e. The lowest BCUT2D eigenvalue weighted by molar-refractivity contribution is -0.00372. The molecule has 0 spiro atoms. The van der Waals surface area contributed by atoms with E-state index in [1.807, 2.05) is 0 Å². The number of hydrogen-bond donors (Lipinski definition) is 1. The predicted molar refractivity (Wildman–Crippen MR) is 87.3 cm³/mol. The molecule has 0 amide bonds. The molecule has 2 aliphatic carbocycles. The molecule has 124 valence electrons. The van der Waals surface area contributed by atoms with Crippen molar-refractivity contribution in [2.45, 2.75) is 89.9 Å². The molecule has 0 aromatic heterocycles. The normalized spacial score (nSPS) is 38.1. The Balaban J connectivity index is 1.69. The highest BCUT2D eigenvalue weighted by Gasteiger charge is 2.27. The second-order valence-corrected chi connectivity index (χ2v) is 7.31. The standard InChI is InChI=1S/C18H35NO2/c1-3-12-20-16-8-10-17(19)18(11-9-16)21-13-15-6-4-14(2)5-7-15/h14-18H,3-13,19H2,1-2H3. The van der Waals surface area contributed by atoms with Crippen molar-refractivity contribution in [1.29, 1.82) is 0 Å². The molecule has 21 heavy (non-hydrogen) atoms. The summed E-state index contributed by atoms with van der Waals surface area (Å²) in [5, 5.41) is 0. The van der Waals surface area contributed by atoms with Gasteiger partial charge in [0.25, 0.3) is 0 Å². The first-order chi connectivity index (χ1) is 10.2. The summed E-state index contributed by atoms with van der Waals surface area (Å²) in [6.07, 6.45) is 11.5. The zero-order chi connectivity index (χ0) is 15.1. The fraction of sp³-hybridized carbons (Fsp3) is 1.00. The molecule has 0 aliphatic heterocycles. The summed E-state index contributed by atoms with van der Waals surface area (Å²) >= 11 is 0. The zero-order valence-corrected chi connectivity index (χ0v) is 14.1. The largest absolute Gasteiger partial charge is 0.378 e. The van der Waals surface area contributed by atoms with Gasteiger partial charge in [-0.2, -0.15) is 0 Å². The van der Waals surface area contributed by atoms with Crippen molar-refractivity contribution in [3.63, 3.8) is 0 Å². The Kier molecular flexibility index (Phi) is 7.48. The average Bonchev–Trinajstić information content (AvgIpc) is 2.67. The lowest BCUT2D eigenvalue weighted by Gasteiger charge is -2.29. The van der Waals surface area contributed by atoms with Crippen molar-refractivity contribution in [1.82, 2.24) is 0 Å². The van der Waals surface area contributed by atoms with Crippen molar-refractivity contribution in [3.8, 4) is 0 Å². The fourth-order valence-electron chi connectivity index (χ4n) is 3.69. The van der Waals surface area contributed by atoms with Crippen molar-refractivity contribution in [2.24, 2.45) is 17.6 Å². The fourth-order valence-corrected chi connectivity index (χ4v) is 3.69. The lowest BCUT2D eigenvalue weighted by Crippen LogP contribution is -2.37. The van der Waals surface area contributed by atoms with Crippen LogP contribution >= 0.6 is 0 Å². The Bertz CT molecular complexity index is 276. The molecule has 0 radical (unpaired) electrons. The lowest BCUT2D eigenvalue weighted by atomic mass is 9.83. The van der Waals surface area contributed by atoms with Gasteiger partial charge >= 0.3 is 0 Å². The summed E-state index contributed by atoms with van der Waals surface area (Å²) in [5.74, 6) is 1.68. The summed E-state index contributed by atoms with van der Waals surface area (Å²) in [6, 6.07) is 0.197. The van der Waals surface area contributed by atoms with Gasteiger partial charge in [-0.15, -0.1) is 0 Å². The molecular weight excluding hydrogens is 262 g/mol. The van der Waals surface area contributed by atoms with E-state index in [4.69, 9.17) is 15.2 Å². The van der Waals surface area contributed by atoms with Crippen molar-refractivity contribution < 1.29 is 9.47 Å². The van der Waals surface area contributed by atoms with Crippen LogP contribution in [0.2, 0.25) is 0 Å². The van der Waals surface area contributed by atoms with E-state index in [1.165, 1.54) is 25.7 Å². The van der Waals surface area contributed by atoms with Crippen LogP contribution in [0.5, 0.6) is 0 Å². The molecule has 2 fully saturated rings. The summed E-state index contributed by atoms with van der Waals surface area (Å²) in [6.45, 7) is 6.34. The maximum atomic E-state index is 6.33. The summed E-state index contributed by atoms with van der Waals surface area (Å²) < 4.78 is 12.1. The number of nitrogens with two attached hydrogens (primary N) is 1. The molecule has 2 saturated carbocycles. The maximum absolute atomic E-state index is 6.33. The van der Waals surface area contributed by atoms with Gasteiger partial charge in [-0.25, -0.2) is 0 Å². The van der Waals surface area contributed by atoms with Gasteiger partial charge in [0, 0.05) is 19.3 Å². The Morgan fingerprint density at radius 2 is 1.62 bits per heavy atom. The van der Waals surface area contributed by atoms with Crippen LogP contribution in [0.3, 0.4) is 0 Å². The minimum absolute atomic E-state index is 0.197.